The van der Waals surface area contributed by atoms with Crippen LogP contribution in [0.15, 0.2) is 52.9 Å². The second-order valence-corrected chi connectivity index (χ2v) is 7.21. The second kappa shape index (κ2) is 8.40. The molecule has 1 fully saturated rings. The van der Waals surface area contributed by atoms with Crippen molar-refractivity contribution < 1.29 is 18.5 Å². The molecule has 0 radical (unpaired) electrons. The summed E-state index contributed by atoms with van der Waals surface area (Å²) in [6.45, 7) is 1.15. The summed E-state index contributed by atoms with van der Waals surface area (Å²) in [7, 11) is 0. The number of benzene rings is 2. The minimum absolute atomic E-state index is 0.00609. The number of amides is 1. The molecule has 0 aliphatic carbocycles. The van der Waals surface area contributed by atoms with Gasteiger partial charge in [0.25, 0.3) is 5.69 Å². The van der Waals surface area contributed by atoms with Crippen molar-refractivity contribution in [3.05, 3.63) is 75.9 Å². The second-order valence-electron chi connectivity index (χ2n) is 7.21. The summed E-state index contributed by atoms with van der Waals surface area (Å²) in [4.78, 5) is 24.6. The summed E-state index contributed by atoms with van der Waals surface area (Å²) in [5.41, 5.74) is 1.41. The van der Waals surface area contributed by atoms with Crippen LogP contribution in [0.25, 0.3) is 11.5 Å². The molecule has 1 aromatic heterocycles. The van der Waals surface area contributed by atoms with Gasteiger partial charge in [-0.25, -0.2) is 4.39 Å². The van der Waals surface area contributed by atoms with Gasteiger partial charge < -0.3 is 9.32 Å². The van der Waals surface area contributed by atoms with Crippen LogP contribution in [0.4, 0.5) is 10.1 Å². The number of nitrogens with zero attached hydrogens (tertiary/aromatic N) is 4. The van der Waals surface area contributed by atoms with E-state index in [4.69, 9.17) is 4.42 Å². The Morgan fingerprint density at radius 3 is 2.40 bits per heavy atom. The number of hydrogen-bond donors (Lipinski definition) is 0. The van der Waals surface area contributed by atoms with Crippen molar-refractivity contribution >= 4 is 11.6 Å². The van der Waals surface area contributed by atoms with E-state index in [-0.39, 0.29) is 29.8 Å². The molecule has 2 heterocycles. The Bertz CT molecular complexity index is 1040. The number of piperidine rings is 1. The van der Waals surface area contributed by atoms with Crippen molar-refractivity contribution in [2.24, 2.45) is 0 Å². The Kier molecular flexibility index (Phi) is 5.51. The molecule has 8 nitrogen and oxygen atoms in total. The molecule has 3 aromatic rings. The standard InChI is InChI=1S/C21H19FN4O4/c22-17-5-3-15(4-6-17)20-23-24-21(30-20)16-9-11-25(12-10-16)19(27)13-14-1-7-18(8-2-14)26(28)29/h1-8,16H,9-13H2. The topological polar surface area (TPSA) is 102 Å². The van der Waals surface area contributed by atoms with Crippen LogP contribution in [0, 0.1) is 15.9 Å². The molecule has 1 aliphatic rings. The van der Waals surface area contributed by atoms with Crippen molar-refractivity contribution in [1.82, 2.24) is 15.1 Å². The average Bonchev–Trinajstić information content (AvgIpc) is 3.25. The third-order valence-electron chi connectivity index (χ3n) is 5.23. The molecule has 2 aromatic carbocycles. The van der Waals surface area contributed by atoms with Gasteiger partial charge in [-0.2, -0.15) is 0 Å². The fourth-order valence-corrected chi connectivity index (χ4v) is 3.51. The summed E-state index contributed by atoms with van der Waals surface area (Å²) in [6, 6.07) is 11.9. The minimum atomic E-state index is -0.463. The molecule has 0 unspecified atom stereocenters. The first-order chi connectivity index (χ1) is 14.5. The number of likely N-dealkylation sites (tertiary alicyclic amines) is 1. The highest BCUT2D eigenvalue weighted by Gasteiger charge is 2.27. The number of halogens is 1. The highest BCUT2D eigenvalue weighted by atomic mass is 19.1. The van der Waals surface area contributed by atoms with Gasteiger partial charge in [0.05, 0.1) is 11.3 Å². The number of carbonyl (C=O) groups is 1. The maximum Gasteiger partial charge on any atom is 0.269 e. The maximum atomic E-state index is 13.1. The van der Waals surface area contributed by atoms with Crippen LogP contribution in [-0.2, 0) is 11.2 Å². The zero-order valence-electron chi connectivity index (χ0n) is 16.0. The van der Waals surface area contributed by atoms with E-state index in [1.165, 1.54) is 24.3 Å². The molecule has 0 atom stereocenters. The lowest BCUT2D eigenvalue weighted by Gasteiger charge is -2.30. The van der Waals surface area contributed by atoms with Crippen molar-refractivity contribution in [3.63, 3.8) is 0 Å². The molecule has 1 saturated heterocycles. The molecule has 154 valence electrons. The molecular formula is C21H19FN4O4. The first-order valence-corrected chi connectivity index (χ1v) is 9.60. The van der Waals surface area contributed by atoms with Gasteiger partial charge in [-0.1, -0.05) is 12.1 Å². The van der Waals surface area contributed by atoms with Crippen LogP contribution in [0.1, 0.15) is 30.2 Å². The van der Waals surface area contributed by atoms with Gasteiger partial charge in [0.1, 0.15) is 5.82 Å². The zero-order valence-corrected chi connectivity index (χ0v) is 16.0. The summed E-state index contributed by atoms with van der Waals surface area (Å²) in [5.74, 6) is 0.595. The molecule has 0 N–H and O–H groups in total. The molecule has 1 amide bonds. The average molecular weight is 410 g/mol. The lowest BCUT2D eigenvalue weighted by Crippen LogP contribution is -2.38. The van der Waals surface area contributed by atoms with Gasteiger partial charge in [-0.3, -0.25) is 14.9 Å². The van der Waals surface area contributed by atoms with Crippen LogP contribution < -0.4 is 0 Å². The summed E-state index contributed by atoms with van der Waals surface area (Å²) in [5, 5.41) is 18.9. The zero-order chi connectivity index (χ0) is 21.1. The summed E-state index contributed by atoms with van der Waals surface area (Å²) < 4.78 is 18.8. The lowest BCUT2D eigenvalue weighted by molar-refractivity contribution is -0.384. The normalized spacial score (nSPS) is 14.6. The quantitative estimate of drug-likeness (QED) is 0.469. The van der Waals surface area contributed by atoms with Gasteiger partial charge in [-0.05, 0) is 42.7 Å². The lowest BCUT2D eigenvalue weighted by atomic mass is 9.96. The molecule has 0 saturated carbocycles. The fourth-order valence-electron chi connectivity index (χ4n) is 3.51. The monoisotopic (exact) mass is 410 g/mol. The van der Waals surface area contributed by atoms with Gasteiger partial charge in [0.15, 0.2) is 0 Å². The van der Waals surface area contributed by atoms with E-state index in [2.05, 4.69) is 10.2 Å². The smallest absolute Gasteiger partial charge is 0.269 e. The Hall–Kier alpha value is -3.62. The Morgan fingerprint density at radius 2 is 1.77 bits per heavy atom. The number of aromatic nitrogens is 2. The predicted octanol–water partition coefficient (Wildman–Crippen LogP) is 3.73. The van der Waals surface area contributed by atoms with Crippen molar-refractivity contribution in [1.29, 1.82) is 0 Å². The molecule has 30 heavy (non-hydrogen) atoms. The maximum absolute atomic E-state index is 13.1. The van der Waals surface area contributed by atoms with Gasteiger partial charge >= 0.3 is 0 Å². The van der Waals surface area contributed by atoms with E-state index in [9.17, 15) is 19.3 Å². The van der Waals surface area contributed by atoms with Gasteiger partial charge in [-0.15, -0.1) is 10.2 Å². The SMILES string of the molecule is O=C(Cc1ccc([N+](=O)[O-])cc1)N1CCC(c2nnc(-c3ccc(F)cc3)o2)CC1. The molecule has 0 bridgehead atoms. The number of rotatable bonds is 5. The summed E-state index contributed by atoms with van der Waals surface area (Å²) >= 11 is 0. The first-order valence-electron chi connectivity index (χ1n) is 9.60. The van der Waals surface area contributed by atoms with E-state index in [1.54, 1.807) is 29.2 Å². The molecule has 4 rings (SSSR count). The van der Waals surface area contributed by atoms with E-state index in [0.29, 0.717) is 43.3 Å². The highest BCUT2D eigenvalue weighted by molar-refractivity contribution is 5.79. The van der Waals surface area contributed by atoms with E-state index >= 15 is 0 Å². The number of carbonyl (C=O) groups excluding carboxylic acids is 1. The van der Waals surface area contributed by atoms with Gasteiger partial charge in [0.2, 0.25) is 17.7 Å². The predicted molar refractivity (Wildman–Crippen MR) is 105 cm³/mol. The van der Waals surface area contributed by atoms with Crippen LogP contribution >= 0.6 is 0 Å². The minimum Gasteiger partial charge on any atom is -0.420 e. The Morgan fingerprint density at radius 1 is 1.10 bits per heavy atom. The Labute approximate surface area is 171 Å². The number of non-ortho nitro benzene ring substituents is 1. The first kappa shape index (κ1) is 19.7. The van der Waals surface area contributed by atoms with Crippen molar-refractivity contribution in [2.75, 3.05) is 13.1 Å². The van der Waals surface area contributed by atoms with Crippen molar-refractivity contribution in [3.8, 4) is 11.5 Å². The fraction of sp³-hybridized carbons (Fsp3) is 0.286. The molecule has 9 heteroatoms. The van der Waals surface area contributed by atoms with Crippen LogP contribution in [0.3, 0.4) is 0 Å². The van der Waals surface area contributed by atoms with E-state index in [1.807, 2.05) is 0 Å². The third-order valence-corrected chi connectivity index (χ3v) is 5.23. The van der Waals surface area contributed by atoms with Gasteiger partial charge in [0, 0.05) is 36.7 Å². The number of nitro benzene ring substituents is 1. The van der Waals surface area contributed by atoms with Crippen LogP contribution in [0.2, 0.25) is 0 Å². The van der Waals surface area contributed by atoms with E-state index in [0.717, 1.165) is 5.56 Å². The Balaban J connectivity index is 1.33. The molecule has 0 spiro atoms. The largest absolute Gasteiger partial charge is 0.420 e. The number of hydrogen-bond acceptors (Lipinski definition) is 6. The van der Waals surface area contributed by atoms with E-state index < -0.39 is 4.92 Å². The molecule has 1 aliphatic heterocycles. The van der Waals surface area contributed by atoms with Crippen LogP contribution in [-0.4, -0.2) is 39.0 Å². The molecular weight excluding hydrogens is 391 g/mol. The summed E-state index contributed by atoms with van der Waals surface area (Å²) in [6.07, 6.45) is 1.62. The van der Waals surface area contributed by atoms with Crippen molar-refractivity contribution in [2.45, 2.75) is 25.2 Å². The number of nitro groups is 1. The highest BCUT2D eigenvalue weighted by Crippen LogP contribution is 2.29. The third kappa shape index (κ3) is 4.35. The van der Waals surface area contributed by atoms with Crippen LogP contribution in [0.5, 0.6) is 0 Å².